The maximum absolute atomic E-state index is 13.2. The Labute approximate surface area is 175 Å². The molecule has 1 N–H and O–H groups in total. The third-order valence-electron chi connectivity index (χ3n) is 5.35. The Hall–Kier alpha value is -3.19. The summed E-state index contributed by atoms with van der Waals surface area (Å²) in [6, 6.07) is 17.3. The summed E-state index contributed by atoms with van der Waals surface area (Å²) in [5, 5.41) is 2.92. The molecule has 30 heavy (non-hydrogen) atoms. The fourth-order valence-corrected chi connectivity index (χ4v) is 3.83. The lowest BCUT2D eigenvalue weighted by Gasteiger charge is -2.22. The van der Waals surface area contributed by atoms with Crippen molar-refractivity contribution in [3.63, 3.8) is 0 Å². The zero-order chi connectivity index (χ0) is 20.9. The number of nitrogens with zero attached hydrogens (tertiary/aromatic N) is 3. The summed E-state index contributed by atoms with van der Waals surface area (Å²) in [6.07, 6.45) is 1.25. The van der Waals surface area contributed by atoms with Gasteiger partial charge in [-0.05, 0) is 44.0 Å². The minimum absolute atomic E-state index is 0.0291. The first-order valence-electron chi connectivity index (χ1n) is 10.4. The Morgan fingerprint density at radius 3 is 2.67 bits per heavy atom. The molecule has 1 aromatic heterocycles. The molecule has 7 heteroatoms. The van der Waals surface area contributed by atoms with E-state index in [1.807, 2.05) is 66.1 Å². The molecule has 0 spiro atoms. The molecule has 1 aliphatic rings. The van der Waals surface area contributed by atoms with Crippen LogP contribution in [-0.4, -0.2) is 40.6 Å². The van der Waals surface area contributed by atoms with E-state index in [9.17, 15) is 9.59 Å². The molecule has 7 nitrogen and oxygen atoms in total. The molecule has 0 saturated carbocycles. The molecule has 0 radical (unpaired) electrons. The number of amides is 2. The topological polar surface area (TPSA) is 76.5 Å². The smallest absolute Gasteiger partial charge is 0.249 e. The van der Waals surface area contributed by atoms with Gasteiger partial charge in [0.15, 0.2) is 0 Å². The molecule has 2 amide bonds. The number of hydrogen-bond acceptors (Lipinski definition) is 4. The van der Waals surface area contributed by atoms with Crippen molar-refractivity contribution in [1.29, 1.82) is 0 Å². The van der Waals surface area contributed by atoms with E-state index in [-0.39, 0.29) is 24.9 Å². The summed E-state index contributed by atoms with van der Waals surface area (Å²) in [5.74, 6) is 0.496. The third kappa shape index (κ3) is 4.21. The van der Waals surface area contributed by atoms with Crippen LogP contribution in [0.3, 0.4) is 0 Å². The zero-order valence-electron chi connectivity index (χ0n) is 17.1. The van der Waals surface area contributed by atoms with Crippen LogP contribution in [0.2, 0.25) is 0 Å². The highest BCUT2D eigenvalue weighted by Crippen LogP contribution is 2.19. The summed E-state index contributed by atoms with van der Waals surface area (Å²) in [5.41, 5.74) is 2.54. The van der Waals surface area contributed by atoms with Crippen molar-refractivity contribution >= 4 is 28.5 Å². The van der Waals surface area contributed by atoms with Crippen molar-refractivity contribution in [2.75, 3.05) is 18.1 Å². The van der Waals surface area contributed by atoms with E-state index < -0.39 is 6.10 Å². The lowest BCUT2D eigenvalue weighted by molar-refractivity contribution is -0.130. The van der Waals surface area contributed by atoms with Crippen LogP contribution in [-0.2, 0) is 27.4 Å². The van der Waals surface area contributed by atoms with E-state index in [1.54, 1.807) is 4.90 Å². The van der Waals surface area contributed by atoms with Gasteiger partial charge >= 0.3 is 0 Å². The van der Waals surface area contributed by atoms with Crippen LogP contribution >= 0.6 is 0 Å². The van der Waals surface area contributed by atoms with Gasteiger partial charge in [0.2, 0.25) is 11.8 Å². The van der Waals surface area contributed by atoms with Gasteiger partial charge in [0.05, 0.1) is 17.6 Å². The van der Waals surface area contributed by atoms with Crippen LogP contribution in [0.1, 0.15) is 25.6 Å². The average Bonchev–Trinajstić information content (AvgIpc) is 3.42. The van der Waals surface area contributed by atoms with Crippen LogP contribution in [0, 0.1) is 0 Å². The van der Waals surface area contributed by atoms with Crippen molar-refractivity contribution in [1.82, 2.24) is 14.9 Å². The van der Waals surface area contributed by atoms with Gasteiger partial charge < -0.3 is 19.5 Å². The number of benzene rings is 2. The minimum Gasteiger partial charge on any atom is -0.368 e. The summed E-state index contributed by atoms with van der Waals surface area (Å²) in [6.45, 7) is 3.55. The predicted molar refractivity (Wildman–Crippen MR) is 115 cm³/mol. The molecular weight excluding hydrogens is 380 g/mol. The maximum Gasteiger partial charge on any atom is 0.249 e. The molecule has 3 aromatic rings. The number of hydrogen-bond donors (Lipinski definition) is 1. The fraction of sp³-hybridized carbons (Fsp3) is 0.348. The molecule has 1 fully saturated rings. The number of anilines is 1. The Morgan fingerprint density at radius 1 is 1.17 bits per heavy atom. The lowest BCUT2D eigenvalue weighted by Crippen LogP contribution is -2.36. The number of fused-ring (bicyclic) bond motifs is 1. The normalized spacial score (nSPS) is 16.0. The van der Waals surface area contributed by atoms with Crippen LogP contribution in [0.25, 0.3) is 11.0 Å². The van der Waals surface area contributed by atoms with E-state index in [0.717, 1.165) is 29.6 Å². The molecule has 2 heterocycles. The molecule has 1 unspecified atom stereocenters. The number of rotatable bonds is 7. The number of aromatic nitrogens is 2. The molecule has 2 aromatic carbocycles. The van der Waals surface area contributed by atoms with Gasteiger partial charge in [-0.15, -0.1) is 0 Å². The lowest BCUT2D eigenvalue weighted by atomic mass is 10.2. The number of likely N-dealkylation sites (N-methyl/N-ethyl adjacent to an activating group) is 1. The molecule has 4 rings (SSSR count). The number of carbonyl (C=O) groups is 2. The highest BCUT2D eigenvalue weighted by molar-refractivity contribution is 5.94. The van der Waals surface area contributed by atoms with Gasteiger partial charge in [0.25, 0.3) is 0 Å². The predicted octanol–water partition coefficient (Wildman–Crippen LogP) is 2.88. The van der Waals surface area contributed by atoms with E-state index in [2.05, 4.69) is 10.3 Å². The summed E-state index contributed by atoms with van der Waals surface area (Å²) in [4.78, 5) is 31.9. The third-order valence-corrected chi connectivity index (χ3v) is 5.35. The zero-order valence-corrected chi connectivity index (χ0v) is 17.1. The molecular formula is C23H26N4O3. The number of para-hydroxylation sites is 3. The van der Waals surface area contributed by atoms with Crippen molar-refractivity contribution in [3.05, 3.63) is 60.4 Å². The van der Waals surface area contributed by atoms with Gasteiger partial charge in [0, 0.05) is 18.8 Å². The van der Waals surface area contributed by atoms with Gasteiger partial charge in [-0.25, -0.2) is 4.98 Å². The van der Waals surface area contributed by atoms with E-state index in [4.69, 9.17) is 4.74 Å². The van der Waals surface area contributed by atoms with Crippen molar-refractivity contribution < 1.29 is 14.3 Å². The first-order valence-corrected chi connectivity index (χ1v) is 10.4. The highest BCUT2D eigenvalue weighted by Gasteiger charge is 2.24. The summed E-state index contributed by atoms with van der Waals surface area (Å²) < 4.78 is 7.34. The number of nitrogens with one attached hydrogen (secondary N) is 1. The van der Waals surface area contributed by atoms with Gasteiger partial charge in [-0.2, -0.15) is 0 Å². The largest absolute Gasteiger partial charge is 0.368 e. The SMILES string of the molecule is CCN(C(=O)Cn1c(CNC(=O)C2CCCO2)nc2ccccc21)c1ccccc1. The van der Waals surface area contributed by atoms with Crippen LogP contribution in [0.5, 0.6) is 0 Å². The number of imidazole rings is 1. The van der Waals surface area contributed by atoms with Crippen LogP contribution in [0.15, 0.2) is 54.6 Å². The summed E-state index contributed by atoms with van der Waals surface area (Å²) >= 11 is 0. The Morgan fingerprint density at radius 2 is 1.93 bits per heavy atom. The number of carbonyl (C=O) groups excluding carboxylic acids is 2. The minimum atomic E-state index is -0.391. The second-order valence-electron chi connectivity index (χ2n) is 7.30. The Balaban J connectivity index is 1.56. The van der Waals surface area contributed by atoms with E-state index >= 15 is 0 Å². The first-order chi connectivity index (χ1) is 14.7. The molecule has 1 atom stereocenters. The molecule has 0 bridgehead atoms. The Kier molecular flexibility index (Phi) is 6.09. The monoisotopic (exact) mass is 406 g/mol. The molecule has 156 valence electrons. The molecule has 1 aliphatic heterocycles. The average molecular weight is 406 g/mol. The van der Waals surface area contributed by atoms with Crippen molar-refractivity contribution in [3.8, 4) is 0 Å². The van der Waals surface area contributed by atoms with Gasteiger partial charge in [0.1, 0.15) is 18.5 Å². The number of ether oxygens (including phenoxy) is 1. The molecule has 1 saturated heterocycles. The molecule has 0 aliphatic carbocycles. The van der Waals surface area contributed by atoms with E-state index in [1.165, 1.54) is 0 Å². The Bertz CT molecular complexity index is 1030. The highest BCUT2D eigenvalue weighted by atomic mass is 16.5. The van der Waals surface area contributed by atoms with Crippen LogP contribution < -0.4 is 10.2 Å². The van der Waals surface area contributed by atoms with Crippen LogP contribution in [0.4, 0.5) is 5.69 Å². The van der Waals surface area contributed by atoms with E-state index in [0.29, 0.717) is 19.0 Å². The van der Waals surface area contributed by atoms with Crippen molar-refractivity contribution in [2.45, 2.75) is 39.0 Å². The fourth-order valence-electron chi connectivity index (χ4n) is 3.83. The maximum atomic E-state index is 13.2. The van der Waals surface area contributed by atoms with Crippen molar-refractivity contribution in [2.24, 2.45) is 0 Å². The quantitative estimate of drug-likeness (QED) is 0.655. The standard InChI is InChI=1S/C23H26N4O3/c1-2-26(17-9-4-3-5-10-17)22(28)16-27-19-12-7-6-11-18(19)25-21(27)15-24-23(29)20-13-8-14-30-20/h3-7,9-12,20H,2,8,13-16H2,1H3,(H,24,29). The van der Waals surface area contributed by atoms with Gasteiger partial charge in [-0.3, -0.25) is 9.59 Å². The first kappa shape index (κ1) is 20.1. The second kappa shape index (κ2) is 9.09. The summed E-state index contributed by atoms with van der Waals surface area (Å²) in [7, 11) is 0. The second-order valence-corrected chi connectivity index (χ2v) is 7.30. The van der Waals surface area contributed by atoms with Gasteiger partial charge in [-0.1, -0.05) is 30.3 Å².